The van der Waals surface area contributed by atoms with Crippen molar-refractivity contribution < 1.29 is 4.79 Å². The Kier molecular flexibility index (Phi) is 4.47. The van der Waals surface area contributed by atoms with Gasteiger partial charge in [0.15, 0.2) is 0 Å². The number of rotatable bonds is 3. The zero-order chi connectivity index (χ0) is 14.7. The maximum Gasteiger partial charge on any atom is 0.263 e. The molecule has 0 fully saturated rings. The molecule has 2 rings (SSSR count). The molecule has 0 bridgehead atoms. The molecule has 1 aromatic carbocycles. The Morgan fingerprint density at radius 1 is 1.20 bits per heavy atom. The third kappa shape index (κ3) is 3.21. The maximum absolute atomic E-state index is 12.2. The van der Waals surface area contributed by atoms with Gasteiger partial charge >= 0.3 is 0 Å². The summed E-state index contributed by atoms with van der Waals surface area (Å²) in [5.41, 5.74) is 0.527. The predicted octanol–water partition coefficient (Wildman–Crippen LogP) is 2.56. The van der Waals surface area contributed by atoms with Crippen LogP contribution >= 0.6 is 23.2 Å². The first kappa shape index (κ1) is 14.6. The Morgan fingerprint density at radius 3 is 2.45 bits per heavy atom. The molecule has 0 atom stereocenters. The number of aromatic nitrogens is 1. The Labute approximate surface area is 125 Å². The van der Waals surface area contributed by atoms with Crippen LogP contribution in [0.25, 0.3) is 0 Å². The number of hydrogen-bond acceptors (Lipinski definition) is 2. The smallest absolute Gasteiger partial charge is 0.263 e. The molecule has 0 saturated carbocycles. The van der Waals surface area contributed by atoms with E-state index in [4.69, 9.17) is 23.2 Å². The van der Waals surface area contributed by atoms with Crippen LogP contribution in [0.1, 0.15) is 15.9 Å². The van der Waals surface area contributed by atoms with Crippen LogP contribution in [-0.4, -0.2) is 17.5 Å². The van der Waals surface area contributed by atoms with E-state index in [9.17, 15) is 9.59 Å². The number of amides is 1. The average molecular weight is 311 g/mol. The number of nitrogens with one attached hydrogen (secondary N) is 1. The third-order valence-electron chi connectivity index (χ3n) is 2.79. The molecule has 6 heteroatoms. The van der Waals surface area contributed by atoms with Crippen molar-refractivity contribution in [2.24, 2.45) is 0 Å². The largest absolute Gasteiger partial charge is 0.355 e. The van der Waals surface area contributed by atoms with Crippen molar-refractivity contribution in [3.63, 3.8) is 0 Å². The highest BCUT2D eigenvalue weighted by Crippen LogP contribution is 2.12. The molecule has 1 amide bonds. The summed E-state index contributed by atoms with van der Waals surface area (Å²) in [5.74, 6) is -0.456. The SMILES string of the molecule is CNC(=O)c1cc(Cl)cn(Cc2ccc(Cl)cc2)c1=O. The number of hydrogen-bond donors (Lipinski definition) is 1. The predicted molar refractivity (Wildman–Crippen MR) is 79.7 cm³/mol. The van der Waals surface area contributed by atoms with E-state index in [-0.39, 0.29) is 11.1 Å². The Balaban J connectivity index is 2.42. The lowest BCUT2D eigenvalue weighted by atomic mass is 10.2. The minimum absolute atomic E-state index is 0.0222. The van der Waals surface area contributed by atoms with Gasteiger partial charge in [0.05, 0.1) is 11.6 Å². The molecule has 1 heterocycles. The van der Waals surface area contributed by atoms with Gasteiger partial charge in [0.25, 0.3) is 11.5 Å². The monoisotopic (exact) mass is 310 g/mol. The van der Waals surface area contributed by atoms with Gasteiger partial charge in [-0.15, -0.1) is 0 Å². The molecule has 1 aromatic heterocycles. The standard InChI is InChI=1S/C14H12Cl2N2O2/c1-17-13(19)12-6-11(16)8-18(14(12)20)7-9-2-4-10(15)5-3-9/h2-6,8H,7H2,1H3,(H,17,19). The number of benzene rings is 1. The minimum Gasteiger partial charge on any atom is -0.355 e. The summed E-state index contributed by atoms with van der Waals surface area (Å²) in [4.78, 5) is 23.8. The van der Waals surface area contributed by atoms with E-state index in [1.165, 1.54) is 23.9 Å². The second-order valence-corrected chi connectivity index (χ2v) is 5.08. The van der Waals surface area contributed by atoms with E-state index in [2.05, 4.69) is 5.32 Å². The Hall–Kier alpha value is -1.78. The molecule has 2 aromatic rings. The molecule has 0 aliphatic heterocycles. The van der Waals surface area contributed by atoms with E-state index in [0.717, 1.165) is 5.56 Å². The van der Waals surface area contributed by atoms with E-state index in [1.807, 2.05) is 12.1 Å². The molecular weight excluding hydrogens is 299 g/mol. The van der Waals surface area contributed by atoms with Crippen molar-refractivity contribution in [3.05, 3.63) is 68.1 Å². The van der Waals surface area contributed by atoms with Gasteiger partial charge in [0, 0.05) is 18.3 Å². The summed E-state index contributed by atoms with van der Waals surface area (Å²) in [6, 6.07) is 8.48. The van der Waals surface area contributed by atoms with E-state index < -0.39 is 5.91 Å². The fourth-order valence-electron chi connectivity index (χ4n) is 1.80. The third-order valence-corrected chi connectivity index (χ3v) is 3.25. The number of carbonyl (C=O) groups excluding carboxylic acids is 1. The van der Waals surface area contributed by atoms with Crippen LogP contribution in [0.5, 0.6) is 0 Å². The van der Waals surface area contributed by atoms with Crippen LogP contribution in [0.4, 0.5) is 0 Å². The van der Waals surface area contributed by atoms with Crippen LogP contribution in [0.3, 0.4) is 0 Å². The number of pyridine rings is 1. The van der Waals surface area contributed by atoms with Gasteiger partial charge in [0.2, 0.25) is 0 Å². The first-order chi connectivity index (χ1) is 9.51. The Morgan fingerprint density at radius 2 is 1.85 bits per heavy atom. The van der Waals surface area contributed by atoms with Gasteiger partial charge in [-0.05, 0) is 23.8 Å². The lowest BCUT2D eigenvalue weighted by Crippen LogP contribution is -2.31. The van der Waals surface area contributed by atoms with Gasteiger partial charge in [0.1, 0.15) is 5.56 Å². The molecule has 0 unspecified atom stereocenters. The second kappa shape index (κ2) is 6.11. The van der Waals surface area contributed by atoms with Gasteiger partial charge < -0.3 is 9.88 Å². The van der Waals surface area contributed by atoms with Crippen LogP contribution in [0.2, 0.25) is 10.0 Å². The summed E-state index contributed by atoms with van der Waals surface area (Å²) >= 11 is 11.8. The van der Waals surface area contributed by atoms with Crippen molar-refractivity contribution in [3.8, 4) is 0 Å². The van der Waals surface area contributed by atoms with Gasteiger partial charge in [-0.3, -0.25) is 9.59 Å². The summed E-state index contributed by atoms with van der Waals surface area (Å²) in [7, 11) is 1.46. The molecule has 4 nitrogen and oxygen atoms in total. The van der Waals surface area contributed by atoms with Crippen molar-refractivity contribution in [2.45, 2.75) is 6.54 Å². The fraction of sp³-hybridized carbons (Fsp3) is 0.143. The number of nitrogens with zero attached hydrogens (tertiary/aromatic N) is 1. The molecule has 1 N–H and O–H groups in total. The highest BCUT2D eigenvalue weighted by atomic mass is 35.5. The lowest BCUT2D eigenvalue weighted by molar-refractivity contribution is 0.0961. The quantitative estimate of drug-likeness (QED) is 0.947. The van der Waals surface area contributed by atoms with E-state index in [0.29, 0.717) is 16.6 Å². The highest BCUT2D eigenvalue weighted by Gasteiger charge is 2.12. The van der Waals surface area contributed by atoms with Gasteiger partial charge in [-0.2, -0.15) is 0 Å². The van der Waals surface area contributed by atoms with Crippen molar-refractivity contribution in [2.75, 3.05) is 7.05 Å². The van der Waals surface area contributed by atoms with Crippen molar-refractivity contribution >= 4 is 29.1 Å². The van der Waals surface area contributed by atoms with Crippen LogP contribution in [0, 0.1) is 0 Å². The molecule has 0 spiro atoms. The van der Waals surface area contributed by atoms with Gasteiger partial charge in [-0.1, -0.05) is 35.3 Å². The van der Waals surface area contributed by atoms with Crippen LogP contribution in [-0.2, 0) is 6.54 Å². The minimum atomic E-state index is -0.456. The highest BCUT2D eigenvalue weighted by molar-refractivity contribution is 6.31. The van der Waals surface area contributed by atoms with Crippen LogP contribution < -0.4 is 10.9 Å². The number of halogens is 2. The maximum atomic E-state index is 12.2. The molecule has 0 aliphatic rings. The topological polar surface area (TPSA) is 51.1 Å². The molecule has 20 heavy (non-hydrogen) atoms. The number of carbonyl (C=O) groups is 1. The molecule has 0 saturated heterocycles. The van der Waals surface area contributed by atoms with E-state index in [1.54, 1.807) is 12.1 Å². The second-order valence-electron chi connectivity index (χ2n) is 4.21. The van der Waals surface area contributed by atoms with Crippen LogP contribution in [0.15, 0.2) is 41.3 Å². The first-order valence-electron chi connectivity index (χ1n) is 5.88. The summed E-state index contributed by atoms with van der Waals surface area (Å²) in [5, 5.41) is 3.37. The molecule has 0 radical (unpaired) electrons. The van der Waals surface area contributed by atoms with Crippen molar-refractivity contribution in [1.82, 2.24) is 9.88 Å². The van der Waals surface area contributed by atoms with Gasteiger partial charge in [-0.25, -0.2) is 0 Å². The molecular formula is C14H12Cl2N2O2. The zero-order valence-corrected chi connectivity index (χ0v) is 12.2. The lowest BCUT2D eigenvalue weighted by Gasteiger charge is -2.09. The molecule has 0 aliphatic carbocycles. The molecule has 104 valence electrons. The average Bonchev–Trinajstić information content (AvgIpc) is 2.44. The summed E-state index contributed by atoms with van der Waals surface area (Å²) in [6.45, 7) is 0.320. The zero-order valence-electron chi connectivity index (χ0n) is 10.7. The van der Waals surface area contributed by atoms with E-state index >= 15 is 0 Å². The summed E-state index contributed by atoms with van der Waals surface area (Å²) < 4.78 is 1.40. The normalized spacial score (nSPS) is 10.3. The Bertz CT molecular complexity index is 693. The summed E-state index contributed by atoms with van der Waals surface area (Å²) in [6.07, 6.45) is 1.50. The van der Waals surface area contributed by atoms with Crippen molar-refractivity contribution in [1.29, 1.82) is 0 Å². The first-order valence-corrected chi connectivity index (χ1v) is 6.63. The fourth-order valence-corrected chi connectivity index (χ4v) is 2.15.